The molecule has 2 heteroatoms. The van der Waals surface area contributed by atoms with Gasteiger partial charge in [0.1, 0.15) is 11.2 Å². The average Bonchev–Trinajstić information content (AvgIpc) is 3.81. The van der Waals surface area contributed by atoms with E-state index in [0.717, 1.165) is 16.6 Å². The summed E-state index contributed by atoms with van der Waals surface area (Å²) in [7, 11) is 0. The van der Waals surface area contributed by atoms with Gasteiger partial charge in [-0.15, -0.1) is 11.3 Å². The molecule has 11 rings (SSSR count). The van der Waals surface area contributed by atoms with Crippen LogP contribution in [0.2, 0.25) is 0 Å². The van der Waals surface area contributed by atoms with Gasteiger partial charge in [-0.25, -0.2) is 0 Å². The number of benzene rings is 7. The van der Waals surface area contributed by atoms with Crippen molar-refractivity contribution in [1.29, 1.82) is 0 Å². The third-order valence-electron chi connectivity index (χ3n) is 11.5. The number of hydrogen-bond acceptors (Lipinski definition) is 2. The van der Waals surface area contributed by atoms with Gasteiger partial charge < -0.3 is 4.42 Å². The Labute approximate surface area is 311 Å². The molecule has 10 aromatic rings. The van der Waals surface area contributed by atoms with Gasteiger partial charge in [-0.2, -0.15) is 0 Å². The van der Waals surface area contributed by atoms with E-state index in [-0.39, 0.29) is 5.41 Å². The van der Waals surface area contributed by atoms with Crippen LogP contribution in [-0.2, 0) is 5.41 Å². The first-order valence-corrected chi connectivity index (χ1v) is 19.1. The van der Waals surface area contributed by atoms with Crippen molar-refractivity contribution in [3.8, 4) is 33.4 Å². The summed E-state index contributed by atoms with van der Waals surface area (Å²) in [6.07, 6.45) is 0. The smallest absolute Gasteiger partial charge is 0.136 e. The third kappa shape index (κ3) is 4.62. The summed E-state index contributed by atoms with van der Waals surface area (Å²) in [5, 5.41) is 9.78. The molecule has 0 saturated carbocycles. The van der Waals surface area contributed by atoms with Gasteiger partial charge in [0.2, 0.25) is 0 Å². The van der Waals surface area contributed by atoms with Crippen LogP contribution in [0.1, 0.15) is 25.0 Å². The van der Waals surface area contributed by atoms with Gasteiger partial charge in [0, 0.05) is 36.4 Å². The van der Waals surface area contributed by atoms with Crippen LogP contribution in [0.15, 0.2) is 174 Å². The highest BCUT2D eigenvalue weighted by Gasteiger charge is 2.35. The van der Waals surface area contributed by atoms with Crippen LogP contribution in [0, 0.1) is 0 Å². The molecular formula is C51H34OS. The van der Waals surface area contributed by atoms with Crippen molar-refractivity contribution in [3.63, 3.8) is 0 Å². The highest BCUT2D eigenvalue weighted by molar-refractivity contribution is 7.25. The zero-order chi connectivity index (χ0) is 35.3. The Morgan fingerprint density at radius 2 is 0.962 bits per heavy atom. The van der Waals surface area contributed by atoms with Crippen molar-refractivity contribution in [3.05, 3.63) is 181 Å². The minimum atomic E-state index is -0.0657. The second-order valence-corrected chi connectivity index (χ2v) is 15.9. The lowest BCUT2D eigenvalue weighted by Crippen LogP contribution is -2.14. The number of fused-ring (bicyclic) bond motifs is 11. The molecule has 1 aliphatic rings. The fourth-order valence-electron chi connectivity index (χ4n) is 8.85. The van der Waals surface area contributed by atoms with Crippen LogP contribution < -0.4 is 0 Å². The van der Waals surface area contributed by atoms with Gasteiger partial charge in [-0.3, -0.25) is 0 Å². The molecule has 2 aromatic heterocycles. The van der Waals surface area contributed by atoms with E-state index in [1.807, 2.05) is 17.4 Å². The molecule has 0 bridgehead atoms. The highest BCUT2D eigenvalue weighted by atomic mass is 32.1. The van der Waals surface area contributed by atoms with Gasteiger partial charge >= 0.3 is 0 Å². The molecule has 0 spiro atoms. The monoisotopic (exact) mass is 694 g/mol. The molecule has 1 aliphatic carbocycles. The van der Waals surface area contributed by atoms with E-state index in [0.29, 0.717) is 0 Å². The van der Waals surface area contributed by atoms with Crippen molar-refractivity contribution in [1.82, 2.24) is 0 Å². The van der Waals surface area contributed by atoms with E-state index >= 15 is 0 Å². The van der Waals surface area contributed by atoms with Gasteiger partial charge in [0.05, 0.1) is 0 Å². The molecule has 0 radical (unpaired) electrons. The summed E-state index contributed by atoms with van der Waals surface area (Å²) >= 11 is 1.87. The Bertz CT molecular complexity index is 3210. The maximum absolute atomic E-state index is 6.28. The zero-order valence-electron chi connectivity index (χ0n) is 29.5. The summed E-state index contributed by atoms with van der Waals surface area (Å²) in [5.41, 5.74) is 12.1. The Balaban J connectivity index is 1.11. The lowest BCUT2D eigenvalue weighted by molar-refractivity contribution is 0.660. The summed E-state index contributed by atoms with van der Waals surface area (Å²) in [6, 6.07) is 62.5. The summed E-state index contributed by atoms with van der Waals surface area (Å²) < 4.78 is 8.88. The summed E-state index contributed by atoms with van der Waals surface area (Å²) in [6.45, 7) is 4.71. The molecule has 0 aliphatic heterocycles. The topological polar surface area (TPSA) is 13.1 Å². The van der Waals surface area contributed by atoms with Crippen LogP contribution in [0.25, 0.3) is 97.0 Å². The Morgan fingerprint density at radius 1 is 0.377 bits per heavy atom. The molecule has 0 fully saturated rings. The first-order chi connectivity index (χ1) is 26.0. The number of hydrogen-bond donors (Lipinski definition) is 0. The molecule has 0 amide bonds. The molecule has 8 aromatic carbocycles. The average molecular weight is 695 g/mol. The molecule has 0 N–H and O–H groups in total. The molecule has 0 atom stereocenters. The quantitative estimate of drug-likeness (QED) is 0.176. The molecule has 250 valence electrons. The van der Waals surface area contributed by atoms with Gasteiger partial charge in [0.15, 0.2) is 0 Å². The van der Waals surface area contributed by atoms with E-state index in [9.17, 15) is 0 Å². The lowest BCUT2D eigenvalue weighted by Gasteiger charge is -2.22. The fraction of sp³-hybridized carbons (Fsp3) is 0.0588. The SMILES string of the molecule is CC1(C)c2ccccc2-c2ccc(-c3ccccccc(-c4ccc5sc6cc7cc8c(cc7cc6c5c4)oc4ccccc48)c4ccccc34)cc21. The lowest BCUT2D eigenvalue weighted by atomic mass is 9.81. The van der Waals surface area contributed by atoms with E-state index in [1.165, 1.54) is 91.6 Å². The van der Waals surface area contributed by atoms with Crippen molar-refractivity contribution in [2.45, 2.75) is 19.3 Å². The van der Waals surface area contributed by atoms with Crippen LogP contribution in [0.4, 0.5) is 0 Å². The number of rotatable bonds is 2. The molecule has 0 unspecified atom stereocenters. The predicted octanol–water partition coefficient (Wildman–Crippen LogP) is 15.0. The molecule has 2 heterocycles. The van der Waals surface area contributed by atoms with Crippen molar-refractivity contribution < 1.29 is 4.42 Å². The standard InChI is InChI=1S/C51H34OS/c1-51(2)45-19-11-9-17-39(45)40-23-21-32(28-46(40)51)36-14-6-4-3-5-13-35(37-15-7-8-16-38(36)37)31-22-24-49-43(25-31)44-27-33-29-48-42(26-34(33)30-50(44)53-49)41-18-10-12-20-47(41)52-48/h3-30H,1-2H3. The molecule has 1 nitrogen and oxygen atoms in total. The Kier molecular flexibility index (Phi) is 6.53. The maximum atomic E-state index is 6.28. The molecule has 53 heavy (non-hydrogen) atoms. The number of furan rings is 1. The third-order valence-corrected chi connectivity index (χ3v) is 12.6. The highest BCUT2D eigenvalue weighted by Crippen LogP contribution is 2.50. The van der Waals surface area contributed by atoms with Crippen molar-refractivity contribution in [2.24, 2.45) is 0 Å². The predicted molar refractivity (Wildman–Crippen MR) is 228 cm³/mol. The van der Waals surface area contributed by atoms with E-state index < -0.39 is 0 Å². The Morgan fingerprint density at radius 3 is 1.77 bits per heavy atom. The maximum Gasteiger partial charge on any atom is 0.136 e. The minimum absolute atomic E-state index is 0.0657. The number of thiophene rings is 1. The van der Waals surface area contributed by atoms with E-state index in [4.69, 9.17) is 4.42 Å². The largest absolute Gasteiger partial charge is 0.456 e. The van der Waals surface area contributed by atoms with Crippen LogP contribution >= 0.6 is 11.3 Å². The van der Waals surface area contributed by atoms with Gasteiger partial charge in [-0.05, 0) is 115 Å². The molecule has 0 saturated heterocycles. The van der Waals surface area contributed by atoms with Crippen LogP contribution in [0.5, 0.6) is 0 Å². The second kappa shape index (κ2) is 11.4. The van der Waals surface area contributed by atoms with Gasteiger partial charge in [-0.1, -0.05) is 135 Å². The van der Waals surface area contributed by atoms with E-state index in [2.05, 4.69) is 178 Å². The summed E-state index contributed by atoms with van der Waals surface area (Å²) in [4.78, 5) is 0. The first kappa shape index (κ1) is 30.4. The van der Waals surface area contributed by atoms with Crippen LogP contribution in [0.3, 0.4) is 0 Å². The normalized spacial score (nSPS) is 13.2. The second-order valence-electron chi connectivity index (χ2n) is 14.9. The van der Waals surface area contributed by atoms with E-state index in [1.54, 1.807) is 0 Å². The van der Waals surface area contributed by atoms with Crippen molar-refractivity contribution >= 4 is 75.0 Å². The Hall–Kier alpha value is -6.22. The summed E-state index contributed by atoms with van der Waals surface area (Å²) in [5.74, 6) is 0. The minimum Gasteiger partial charge on any atom is -0.456 e. The zero-order valence-corrected chi connectivity index (χ0v) is 30.3. The fourth-order valence-corrected chi connectivity index (χ4v) is 9.97. The van der Waals surface area contributed by atoms with Crippen LogP contribution in [-0.4, -0.2) is 0 Å². The van der Waals surface area contributed by atoms with Crippen molar-refractivity contribution in [2.75, 3.05) is 0 Å². The first-order valence-electron chi connectivity index (χ1n) is 18.3. The van der Waals surface area contributed by atoms with Gasteiger partial charge in [0.25, 0.3) is 0 Å². The number of para-hydroxylation sites is 1. The molecular weight excluding hydrogens is 661 g/mol.